The zero-order valence-corrected chi connectivity index (χ0v) is 12.1. The van der Waals surface area contributed by atoms with Crippen molar-refractivity contribution in [3.05, 3.63) is 23.8 Å². The molecule has 3 nitrogen and oxygen atoms in total. The first-order valence-corrected chi connectivity index (χ1v) is 7.14. The maximum atomic E-state index is 11.4. The van der Waals surface area contributed by atoms with Crippen molar-refractivity contribution in [2.75, 3.05) is 17.7 Å². The van der Waals surface area contributed by atoms with Gasteiger partial charge >= 0.3 is 0 Å². The number of carbonyl (C=O) groups is 1. The normalized spacial score (nSPS) is 23.1. The van der Waals surface area contributed by atoms with E-state index in [1.165, 1.54) is 25.7 Å². The van der Waals surface area contributed by atoms with Gasteiger partial charge in [-0.2, -0.15) is 0 Å². The first-order valence-electron chi connectivity index (χ1n) is 7.14. The zero-order valence-electron chi connectivity index (χ0n) is 12.1. The van der Waals surface area contributed by atoms with Gasteiger partial charge in [0, 0.05) is 30.0 Å². The Hall–Kier alpha value is -1.51. The van der Waals surface area contributed by atoms with Gasteiger partial charge in [0.05, 0.1) is 0 Å². The Balaban J connectivity index is 2.21. The molecular weight excluding hydrogens is 236 g/mol. The molecule has 1 aromatic carbocycles. The Morgan fingerprint density at radius 3 is 2.58 bits per heavy atom. The van der Waals surface area contributed by atoms with Crippen LogP contribution < -0.4 is 10.6 Å². The fourth-order valence-corrected chi connectivity index (χ4v) is 3.15. The highest BCUT2D eigenvalue weighted by atomic mass is 16.1. The molecule has 2 rings (SSSR count). The molecule has 2 unspecified atom stereocenters. The van der Waals surface area contributed by atoms with Crippen LogP contribution in [0, 0.1) is 5.92 Å². The lowest BCUT2D eigenvalue weighted by Gasteiger charge is -2.37. The maximum Gasteiger partial charge on any atom is 0.161 e. The zero-order chi connectivity index (χ0) is 14.0. The van der Waals surface area contributed by atoms with Gasteiger partial charge in [0.25, 0.3) is 0 Å². The van der Waals surface area contributed by atoms with Crippen molar-refractivity contribution in [2.24, 2.45) is 5.92 Å². The van der Waals surface area contributed by atoms with E-state index in [0.29, 0.717) is 23.2 Å². The third-order valence-electron chi connectivity index (χ3n) is 4.39. The van der Waals surface area contributed by atoms with Crippen molar-refractivity contribution in [2.45, 2.75) is 45.6 Å². The van der Waals surface area contributed by atoms with E-state index in [1.807, 2.05) is 18.2 Å². The highest BCUT2D eigenvalue weighted by molar-refractivity contribution is 5.99. The van der Waals surface area contributed by atoms with Crippen LogP contribution in [0.25, 0.3) is 0 Å². The molecule has 0 aromatic heterocycles. The van der Waals surface area contributed by atoms with Gasteiger partial charge in [-0.25, -0.2) is 0 Å². The van der Waals surface area contributed by atoms with Crippen molar-refractivity contribution in [1.29, 1.82) is 0 Å². The molecular formula is C16H24N2O. The van der Waals surface area contributed by atoms with E-state index in [9.17, 15) is 4.79 Å². The number of nitrogens with zero attached hydrogens (tertiary/aromatic N) is 1. The molecule has 19 heavy (non-hydrogen) atoms. The molecule has 1 aliphatic carbocycles. The number of nitrogens with two attached hydrogens (primary N) is 1. The second-order valence-corrected chi connectivity index (χ2v) is 5.77. The largest absolute Gasteiger partial charge is 0.398 e. The van der Waals surface area contributed by atoms with E-state index in [2.05, 4.69) is 18.9 Å². The predicted octanol–water partition coefficient (Wildman–Crippen LogP) is 3.49. The second kappa shape index (κ2) is 5.64. The summed E-state index contributed by atoms with van der Waals surface area (Å²) in [6.07, 6.45) is 5.19. The molecule has 0 aliphatic heterocycles. The van der Waals surface area contributed by atoms with Gasteiger partial charge in [-0.3, -0.25) is 4.79 Å². The minimum absolute atomic E-state index is 0.0257. The van der Waals surface area contributed by atoms with E-state index in [1.54, 1.807) is 6.92 Å². The van der Waals surface area contributed by atoms with Gasteiger partial charge in [0.2, 0.25) is 0 Å². The fraction of sp³-hybridized carbons (Fsp3) is 0.562. The van der Waals surface area contributed by atoms with Crippen molar-refractivity contribution in [1.82, 2.24) is 0 Å². The molecule has 0 amide bonds. The summed E-state index contributed by atoms with van der Waals surface area (Å²) in [5.41, 5.74) is 8.29. The quantitative estimate of drug-likeness (QED) is 0.668. The Labute approximate surface area is 115 Å². The van der Waals surface area contributed by atoms with Gasteiger partial charge in [-0.15, -0.1) is 0 Å². The highest BCUT2D eigenvalue weighted by Gasteiger charge is 2.25. The van der Waals surface area contributed by atoms with E-state index >= 15 is 0 Å². The summed E-state index contributed by atoms with van der Waals surface area (Å²) in [6, 6.07) is 6.36. The lowest BCUT2D eigenvalue weighted by molar-refractivity contribution is 0.101. The number of hydrogen-bond donors (Lipinski definition) is 1. The number of hydrogen-bond acceptors (Lipinski definition) is 3. The lowest BCUT2D eigenvalue weighted by Crippen LogP contribution is -2.39. The van der Waals surface area contributed by atoms with Crippen LogP contribution in [0.5, 0.6) is 0 Å². The first-order chi connectivity index (χ1) is 9.00. The molecule has 0 spiro atoms. The number of rotatable bonds is 3. The summed E-state index contributed by atoms with van der Waals surface area (Å²) in [5.74, 6) is 0.741. The van der Waals surface area contributed by atoms with Gasteiger partial charge in [0.15, 0.2) is 5.78 Å². The molecule has 104 valence electrons. The molecule has 2 N–H and O–H groups in total. The van der Waals surface area contributed by atoms with Crippen molar-refractivity contribution < 1.29 is 4.79 Å². The van der Waals surface area contributed by atoms with Crippen molar-refractivity contribution in [3.8, 4) is 0 Å². The van der Waals surface area contributed by atoms with E-state index < -0.39 is 0 Å². The monoisotopic (exact) mass is 260 g/mol. The Morgan fingerprint density at radius 2 is 2.00 bits per heavy atom. The summed E-state index contributed by atoms with van der Waals surface area (Å²) in [4.78, 5) is 13.7. The molecule has 0 saturated heterocycles. The Morgan fingerprint density at radius 1 is 1.32 bits per heavy atom. The smallest absolute Gasteiger partial charge is 0.161 e. The van der Waals surface area contributed by atoms with Crippen molar-refractivity contribution in [3.63, 3.8) is 0 Å². The average molecular weight is 260 g/mol. The van der Waals surface area contributed by atoms with Gasteiger partial charge in [-0.1, -0.05) is 19.8 Å². The maximum absolute atomic E-state index is 11.4. The number of ketones is 1. The third-order valence-corrected chi connectivity index (χ3v) is 4.39. The van der Waals surface area contributed by atoms with Gasteiger partial charge in [-0.05, 0) is 43.9 Å². The standard InChI is InChI=1S/C16H24N2O/c1-11-6-4-5-7-16(11)18(3)13-8-9-14(12(2)19)15(17)10-13/h8-11,16H,4-7,17H2,1-3H3. The number of Topliss-reactive ketones (excluding diaryl/α,β-unsaturated/α-hetero) is 1. The molecule has 1 saturated carbocycles. The minimum atomic E-state index is 0.0257. The van der Waals surface area contributed by atoms with E-state index in [-0.39, 0.29) is 5.78 Å². The summed E-state index contributed by atoms with van der Waals surface area (Å²) in [5, 5.41) is 0. The summed E-state index contributed by atoms with van der Waals surface area (Å²) >= 11 is 0. The van der Waals surface area contributed by atoms with Gasteiger partial charge < -0.3 is 10.6 Å². The molecule has 3 heteroatoms. The van der Waals surface area contributed by atoms with Crippen LogP contribution in [0.2, 0.25) is 0 Å². The van der Waals surface area contributed by atoms with Crippen LogP contribution in [-0.4, -0.2) is 18.9 Å². The fourth-order valence-electron chi connectivity index (χ4n) is 3.15. The van der Waals surface area contributed by atoms with E-state index in [4.69, 9.17) is 5.73 Å². The van der Waals surface area contributed by atoms with Crippen molar-refractivity contribution >= 4 is 17.2 Å². The number of carbonyl (C=O) groups excluding carboxylic acids is 1. The Bertz CT molecular complexity index is 470. The Kier molecular flexibility index (Phi) is 4.13. The summed E-state index contributed by atoms with van der Waals surface area (Å²) in [7, 11) is 2.13. The molecule has 0 heterocycles. The molecule has 2 atom stereocenters. The van der Waals surface area contributed by atoms with Crippen LogP contribution in [0.3, 0.4) is 0 Å². The predicted molar refractivity (Wildman–Crippen MR) is 80.7 cm³/mol. The average Bonchev–Trinajstić information content (AvgIpc) is 2.38. The van der Waals surface area contributed by atoms with Crippen LogP contribution >= 0.6 is 0 Å². The van der Waals surface area contributed by atoms with Crippen LogP contribution in [0.1, 0.15) is 49.9 Å². The highest BCUT2D eigenvalue weighted by Crippen LogP contribution is 2.31. The minimum Gasteiger partial charge on any atom is -0.398 e. The third kappa shape index (κ3) is 2.91. The molecule has 0 radical (unpaired) electrons. The van der Waals surface area contributed by atoms with Crippen LogP contribution in [0.4, 0.5) is 11.4 Å². The summed E-state index contributed by atoms with van der Waals surface area (Å²) < 4.78 is 0. The van der Waals surface area contributed by atoms with Crippen LogP contribution in [-0.2, 0) is 0 Å². The number of anilines is 2. The number of nitrogen functional groups attached to an aromatic ring is 1. The van der Waals surface area contributed by atoms with E-state index in [0.717, 1.165) is 5.69 Å². The second-order valence-electron chi connectivity index (χ2n) is 5.77. The molecule has 1 aliphatic rings. The summed E-state index contributed by atoms with van der Waals surface area (Å²) in [6.45, 7) is 3.88. The number of benzene rings is 1. The topological polar surface area (TPSA) is 46.3 Å². The SMILES string of the molecule is CC(=O)c1ccc(N(C)C2CCCCC2C)cc1N. The molecule has 0 bridgehead atoms. The molecule has 1 aromatic rings. The lowest BCUT2D eigenvalue weighted by atomic mass is 9.85. The van der Waals surface area contributed by atoms with Crippen LogP contribution in [0.15, 0.2) is 18.2 Å². The molecule has 1 fully saturated rings. The van der Waals surface area contributed by atoms with Gasteiger partial charge in [0.1, 0.15) is 0 Å². The first kappa shape index (κ1) is 13.9.